The second-order valence-corrected chi connectivity index (χ2v) is 9.25. The molecule has 1 aromatic heterocycles. The van der Waals surface area contributed by atoms with E-state index in [0.29, 0.717) is 24.5 Å². The summed E-state index contributed by atoms with van der Waals surface area (Å²) >= 11 is 0. The average Bonchev–Trinajstić information content (AvgIpc) is 2.86. The molecule has 6 heteroatoms. The van der Waals surface area contributed by atoms with Gasteiger partial charge in [-0.15, -0.1) is 0 Å². The number of amides is 1. The van der Waals surface area contributed by atoms with E-state index in [0.717, 1.165) is 17.7 Å². The predicted octanol–water partition coefficient (Wildman–Crippen LogP) is 4.10. The fourth-order valence-electron chi connectivity index (χ4n) is 4.38. The van der Waals surface area contributed by atoms with Crippen LogP contribution >= 0.6 is 0 Å². The van der Waals surface area contributed by atoms with Crippen molar-refractivity contribution < 1.29 is 14.6 Å². The third kappa shape index (κ3) is 5.46. The van der Waals surface area contributed by atoms with Crippen molar-refractivity contribution in [1.29, 1.82) is 0 Å². The fourth-order valence-corrected chi connectivity index (χ4v) is 4.38. The van der Waals surface area contributed by atoms with Gasteiger partial charge in [0.25, 0.3) is 5.91 Å². The predicted molar refractivity (Wildman–Crippen MR) is 134 cm³/mol. The molecule has 0 saturated heterocycles. The van der Waals surface area contributed by atoms with Crippen molar-refractivity contribution in [1.82, 2.24) is 14.8 Å². The first kappa shape index (κ1) is 23.9. The monoisotopic (exact) mass is 459 g/mol. The lowest BCUT2D eigenvalue weighted by atomic mass is 9.99. The van der Waals surface area contributed by atoms with E-state index in [-0.39, 0.29) is 30.6 Å². The van der Waals surface area contributed by atoms with Gasteiger partial charge in [0.05, 0.1) is 12.6 Å². The number of likely N-dealkylation sites (N-methyl/N-ethyl adjacent to an activating group) is 1. The number of hydrogen-bond acceptors (Lipinski definition) is 5. The molecule has 1 amide bonds. The number of nitrogens with zero attached hydrogens (tertiary/aromatic N) is 3. The molecule has 1 aliphatic heterocycles. The molecule has 3 atom stereocenters. The minimum Gasteiger partial charge on any atom is -0.472 e. The number of benzene rings is 2. The topological polar surface area (TPSA) is 65.9 Å². The first-order valence-electron chi connectivity index (χ1n) is 11.8. The minimum absolute atomic E-state index is 0.0555. The van der Waals surface area contributed by atoms with Gasteiger partial charge in [-0.05, 0) is 31.2 Å². The molecule has 0 aliphatic carbocycles. The van der Waals surface area contributed by atoms with Gasteiger partial charge in [-0.1, -0.05) is 67.6 Å². The van der Waals surface area contributed by atoms with Crippen LogP contribution in [0.3, 0.4) is 0 Å². The molecule has 0 saturated carbocycles. The second-order valence-electron chi connectivity index (χ2n) is 9.25. The van der Waals surface area contributed by atoms with Gasteiger partial charge in [-0.3, -0.25) is 9.69 Å². The van der Waals surface area contributed by atoms with Crippen molar-refractivity contribution in [2.45, 2.75) is 32.5 Å². The Labute approximate surface area is 201 Å². The molecule has 1 aliphatic rings. The standard InChI is InChI=1S/C28H33N3O3/c1-20-16-31(21(2)19-32)28(33)25-14-24(23-12-8-5-9-13-23)15-29-27(25)34-26(20)18-30(3)17-22-10-6-4-7-11-22/h4-15,20-21,26,32H,16-19H2,1-3H3/t20-,21-,26-/m1/s1. The van der Waals surface area contributed by atoms with Gasteiger partial charge in [0.15, 0.2) is 0 Å². The molecule has 2 aromatic carbocycles. The van der Waals surface area contributed by atoms with E-state index < -0.39 is 0 Å². The largest absolute Gasteiger partial charge is 0.472 e. The number of ether oxygens (including phenoxy) is 1. The van der Waals surface area contributed by atoms with Crippen LogP contribution in [0.15, 0.2) is 72.9 Å². The van der Waals surface area contributed by atoms with Gasteiger partial charge in [-0.25, -0.2) is 4.98 Å². The second kappa shape index (κ2) is 10.8. The first-order valence-corrected chi connectivity index (χ1v) is 11.8. The molecule has 0 spiro atoms. The molecule has 178 valence electrons. The Hall–Kier alpha value is -3.22. The highest BCUT2D eigenvalue weighted by Crippen LogP contribution is 2.30. The van der Waals surface area contributed by atoms with Crippen molar-refractivity contribution in [3.8, 4) is 17.0 Å². The van der Waals surface area contributed by atoms with Crippen molar-refractivity contribution in [3.05, 3.63) is 84.1 Å². The molecule has 0 fully saturated rings. The van der Waals surface area contributed by atoms with Crippen LogP contribution in [0.25, 0.3) is 11.1 Å². The van der Waals surface area contributed by atoms with Gasteiger partial charge < -0.3 is 14.7 Å². The van der Waals surface area contributed by atoms with Crippen LogP contribution < -0.4 is 4.74 Å². The summed E-state index contributed by atoms with van der Waals surface area (Å²) in [5, 5.41) is 9.86. The van der Waals surface area contributed by atoms with Crippen LogP contribution in [-0.2, 0) is 6.54 Å². The van der Waals surface area contributed by atoms with E-state index >= 15 is 0 Å². The van der Waals surface area contributed by atoms with Crippen LogP contribution in [0.5, 0.6) is 5.88 Å². The lowest BCUT2D eigenvalue weighted by molar-refractivity contribution is 0.0325. The summed E-state index contributed by atoms with van der Waals surface area (Å²) < 4.78 is 6.42. The maximum atomic E-state index is 13.6. The van der Waals surface area contributed by atoms with E-state index in [4.69, 9.17) is 4.74 Å². The van der Waals surface area contributed by atoms with Gasteiger partial charge in [0, 0.05) is 37.3 Å². The summed E-state index contributed by atoms with van der Waals surface area (Å²) in [4.78, 5) is 22.2. The number of carbonyl (C=O) groups is 1. The average molecular weight is 460 g/mol. The molecule has 6 nitrogen and oxygen atoms in total. The van der Waals surface area contributed by atoms with E-state index in [2.05, 4.69) is 36.0 Å². The van der Waals surface area contributed by atoms with Gasteiger partial charge in [0.2, 0.25) is 5.88 Å². The number of pyridine rings is 1. The van der Waals surface area contributed by atoms with Crippen molar-refractivity contribution in [2.24, 2.45) is 5.92 Å². The zero-order chi connectivity index (χ0) is 24.1. The number of aliphatic hydroxyl groups is 1. The highest BCUT2D eigenvalue weighted by Gasteiger charge is 2.34. The number of aliphatic hydroxyl groups excluding tert-OH is 1. The third-order valence-corrected chi connectivity index (χ3v) is 6.42. The smallest absolute Gasteiger partial charge is 0.259 e. The number of hydrogen-bond donors (Lipinski definition) is 1. The molecule has 1 N–H and O–H groups in total. The maximum absolute atomic E-state index is 13.6. The quantitative estimate of drug-likeness (QED) is 0.576. The molecule has 34 heavy (non-hydrogen) atoms. The summed E-state index contributed by atoms with van der Waals surface area (Å²) in [6.45, 7) is 5.86. The van der Waals surface area contributed by atoms with Crippen molar-refractivity contribution >= 4 is 5.91 Å². The third-order valence-electron chi connectivity index (χ3n) is 6.42. The van der Waals surface area contributed by atoms with Gasteiger partial charge in [0.1, 0.15) is 11.7 Å². The van der Waals surface area contributed by atoms with Crippen LogP contribution in [0.2, 0.25) is 0 Å². The van der Waals surface area contributed by atoms with Crippen LogP contribution in [-0.4, -0.2) is 64.7 Å². The lowest BCUT2D eigenvalue weighted by Crippen LogP contribution is -2.49. The van der Waals surface area contributed by atoms with Crippen molar-refractivity contribution in [2.75, 3.05) is 26.7 Å². The normalized spacial score (nSPS) is 19.2. The van der Waals surface area contributed by atoms with E-state index in [1.165, 1.54) is 5.56 Å². The Kier molecular flexibility index (Phi) is 7.60. The zero-order valence-electron chi connectivity index (χ0n) is 20.1. The SMILES string of the molecule is C[C@@H]1CN([C@H](C)CO)C(=O)c2cc(-c3ccccc3)cnc2O[C@@H]1CN(C)Cc1ccccc1. The minimum atomic E-state index is -0.302. The Morgan fingerprint density at radius 3 is 2.47 bits per heavy atom. The molecule has 0 unspecified atom stereocenters. The van der Waals surface area contributed by atoms with E-state index in [9.17, 15) is 9.90 Å². The highest BCUT2D eigenvalue weighted by molar-refractivity contribution is 5.98. The van der Waals surface area contributed by atoms with E-state index in [1.807, 2.05) is 61.5 Å². The zero-order valence-corrected chi connectivity index (χ0v) is 20.1. The molecular formula is C28H33N3O3. The molecular weight excluding hydrogens is 426 g/mol. The number of rotatable bonds is 7. The number of aromatic nitrogens is 1. The number of fused-ring (bicyclic) bond motifs is 1. The van der Waals surface area contributed by atoms with Crippen LogP contribution in [0.1, 0.15) is 29.8 Å². The lowest BCUT2D eigenvalue weighted by Gasteiger charge is -2.37. The Morgan fingerprint density at radius 2 is 1.79 bits per heavy atom. The summed E-state index contributed by atoms with van der Waals surface area (Å²) in [7, 11) is 2.08. The number of carbonyl (C=O) groups excluding carboxylic acids is 1. The molecule has 4 rings (SSSR count). The Morgan fingerprint density at radius 1 is 1.12 bits per heavy atom. The molecule has 0 radical (unpaired) electrons. The van der Waals surface area contributed by atoms with Gasteiger partial charge >= 0.3 is 0 Å². The Bertz CT molecular complexity index is 1090. The summed E-state index contributed by atoms with van der Waals surface area (Å²) in [6, 6.07) is 21.8. The fraction of sp³-hybridized carbons (Fsp3) is 0.357. The highest BCUT2D eigenvalue weighted by atomic mass is 16.5. The molecule has 2 heterocycles. The van der Waals surface area contributed by atoms with Crippen LogP contribution in [0.4, 0.5) is 0 Å². The van der Waals surface area contributed by atoms with Crippen molar-refractivity contribution in [3.63, 3.8) is 0 Å². The first-order chi connectivity index (χ1) is 16.5. The summed E-state index contributed by atoms with van der Waals surface area (Å²) in [5.41, 5.74) is 3.52. The summed E-state index contributed by atoms with van der Waals surface area (Å²) in [6.07, 6.45) is 1.60. The Balaban J connectivity index is 1.65. The van der Waals surface area contributed by atoms with E-state index in [1.54, 1.807) is 11.1 Å². The maximum Gasteiger partial charge on any atom is 0.259 e. The molecule has 0 bridgehead atoms. The summed E-state index contributed by atoms with van der Waals surface area (Å²) in [5.74, 6) is 0.245. The van der Waals surface area contributed by atoms with Gasteiger partial charge in [-0.2, -0.15) is 0 Å². The van der Waals surface area contributed by atoms with Crippen LogP contribution in [0, 0.1) is 5.92 Å². The molecule has 3 aromatic rings.